The van der Waals surface area contributed by atoms with Crippen molar-refractivity contribution in [2.24, 2.45) is 5.92 Å². The number of anilines is 1. The first kappa shape index (κ1) is 18.1. The summed E-state index contributed by atoms with van der Waals surface area (Å²) in [5.41, 5.74) is -0.793. The molecule has 5 nitrogen and oxygen atoms in total. The zero-order valence-electron chi connectivity index (χ0n) is 13.6. The third-order valence-corrected chi connectivity index (χ3v) is 4.37. The lowest BCUT2D eigenvalue weighted by atomic mass is 9.87. The molecule has 0 aliphatic carbocycles. The smallest absolute Gasteiger partial charge is 0.411 e. The number of carbonyl (C=O) groups excluding carboxylic acids is 2. The lowest BCUT2D eigenvalue weighted by Crippen LogP contribution is -2.49. The van der Waals surface area contributed by atoms with Crippen molar-refractivity contribution in [2.75, 3.05) is 19.0 Å². The van der Waals surface area contributed by atoms with E-state index in [2.05, 4.69) is 10.1 Å². The maximum atomic E-state index is 13.1. The minimum Gasteiger partial charge on any atom is -0.453 e. The number of methoxy groups -OCH3 is 1. The number of likely N-dealkylation sites (tertiary alicyclic amines) is 1. The molecule has 2 amide bonds. The van der Waals surface area contributed by atoms with Crippen molar-refractivity contribution in [1.82, 2.24) is 4.90 Å². The fourth-order valence-electron chi connectivity index (χ4n) is 3.07. The highest BCUT2D eigenvalue weighted by Gasteiger charge is 2.56. The molecule has 1 N–H and O–H groups in total. The first-order chi connectivity index (χ1) is 11.1. The first-order valence-corrected chi connectivity index (χ1v) is 7.41. The predicted molar refractivity (Wildman–Crippen MR) is 81.7 cm³/mol. The van der Waals surface area contributed by atoms with Gasteiger partial charge in [0.05, 0.1) is 13.0 Å². The molecular weight excluding hydrogens is 325 g/mol. The van der Waals surface area contributed by atoms with Crippen molar-refractivity contribution in [1.29, 1.82) is 0 Å². The minimum absolute atomic E-state index is 0.0324. The third kappa shape index (κ3) is 3.47. The van der Waals surface area contributed by atoms with Gasteiger partial charge in [-0.3, -0.25) is 10.1 Å². The van der Waals surface area contributed by atoms with E-state index in [1.54, 1.807) is 12.1 Å². The molecule has 1 aliphatic rings. The van der Waals surface area contributed by atoms with E-state index in [1.165, 1.54) is 38.0 Å². The summed E-state index contributed by atoms with van der Waals surface area (Å²) in [6.45, 7) is 2.88. The fraction of sp³-hybridized carbons (Fsp3) is 0.500. The van der Waals surface area contributed by atoms with Gasteiger partial charge in [-0.1, -0.05) is 6.07 Å². The van der Waals surface area contributed by atoms with Gasteiger partial charge in [0.1, 0.15) is 0 Å². The van der Waals surface area contributed by atoms with Crippen LogP contribution in [0.3, 0.4) is 0 Å². The van der Waals surface area contributed by atoms with Crippen LogP contribution >= 0.6 is 0 Å². The van der Waals surface area contributed by atoms with E-state index in [0.29, 0.717) is 5.69 Å². The number of hydrogen-bond acceptors (Lipinski definition) is 3. The molecule has 0 spiro atoms. The second kappa shape index (κ2) is 6.33. The molecule has 8 heteroatoms. The molecule has 1 aromatic carbocycles. The third-order valence-electron chi connectivity index (χ3n) is 4.37. The van der Waals surface area contributed by atoms with Crippen molar-refractivity contribution in [3.63, 3.8) is 0 Å². The molecule has 24 heavy (non-hydrogen) atoms. The van der Waals surface area contributed by atoms with E-state index < -0.39 is 29.6 Å². The van der Waals surface area contributed by atoms with Gasteiger partial charge >= 0.3 is 12.3 Å². The van der Waals surface area contributed by atoms with Crippen LogP contribution in [0.5, 0.6) is 0 Å². The maximum absolute atomic E-state index is 13.1. The fourth-order valence-corrected chi connectivity index (χ4v) is 3.07. The van der Waals surface area contributed by atoms with Crippen molar-refractivity contribution in [3.8, 4) is 0 Å². The average Bonchev–Trinajstić information content (AvgIpc) is 2.81. The highest BCUT2D eigenvalue weighted by Crippen LogP contribution is 2.45. The monoisotopic (exact) mass is 344 g/mol. The van der Waals surface area contributed by atoms with Crippen LogP contribution in [-0.2, 0) is 4.74 Å². The van der Waals surface area contributed by atoms with Crippen LogP contribution in [0.1, 0.15) is 30.6 Å². The number of ether oxygens (including phenoxy) is 1. The van der Waals surface area contributed by atoms with E-state index in [-0.39, 0.29) is 18.5 Å². The number of alkyl halides is 3. The Morgan fingerprint density at radius 2 is 2.00 bits per heavy atom. The zero-order valence-corrected chi connectivity index (χ0v) is 13.6. The zero-order chi connectivity index (χ0) is 18.1. The molecule has 132 valence electrons. The number of benzene rings is 1. The topological polar surface area (TPSA) is 58.6 Å². The van der Waals surface area contributed by atoms with E-state index in [9.17, 15) is 22.8 Å². The summed E-state index contributed by atoms with van der Waals surface area (Å²) < 4.78 is 43.9. The summed E-state index contributed by atoms with van der Waals surface area (Å²) in [6.07, 6.45) is -5.17. The number of hydrogen-bond donors (Lipinski definition) is 1. The molecule has 1 aliphatic heterocycles. The summed E-state index contributed by atoms with van der Waals surface area (Å²) in [7, 11) is 1.20. The van der Waals surface area contributed by atoms with Gasteiger partial charge in [-0.25, -0.2) is 4.79 Å². The Morgan fingerprint density at radius 3 is 2.54 bits per heavy atom. The Kier molecular flexibility index (Phi) is 4.77. The molecule has 0 radical (unpaired) electrons. The van der Waals surface area contributed by atoms with Crippen LogP contribution in [0.2, 0.25) is 0 Å². The molecular formula is C16H19F3N2O3. The lowest BCUT2D eigenvalue weighted by molar-refractivity contribution is -0.189. The first-order valence-electron chi connectivity index (χ1n) is 7.41. The SMILES string of the molecule is COC(=O)Nc1cccc(C(=O)N2CC[C@H](C(F)(F)F)C2(C)C)c1. The van der Waals surface area contributed by atoms with Crippen LogP contribution in [-0.4, -0.2) is 42.3 Å². The second-order valence-corrected chi connectivity index (χ2v) is 6.19. The van der Waals surface area contributed by atoms with Crippen molar-refractivity contribution in [3.05, 3.63) is 29.8 Å². The van der Waals surface area contributed by atoms with Crippen molar-refractivity contribution < 1.29 is 27.5 Å². The Hall–Kier alpha value is -2.25. The summed E-state index contributed by atoms with van der Waals surface area (Å²) in [6, 6.07) is 6.02. The maximum Gasteiger partial charge on any atom is 0.411 e. The number of nitrogens with zero attached hydrogens (tertiary/aromatic N) is 1. The average molecular weight is 344 g/mol. The van der Waals surface area contributed by atoms with Gasteiger partial charge in [0.25, 0.3) is 5.91 Å². The largest absolute Gasteiger partial charge is 0.453 e. The molecule has 1 fully saturated rings. The van der Waals surface area contributed by atoms with Crippen LogP contribution in [0.15, 0.2) is 24.3 Å². The van der Waals surface area contributed by atoms with E-state index in [4.69, 9.17) is 0 Å². The summed E-state index contributed by atoms with van der Waals surface area (Å²) in [5, 5.41) is 2.42. The molecule has 0 saturated carbocycles. The molecule has 0 aromatic heterocycles. The lowest BCUT2D eigenvalue weighted by Gasteiger charge is -2.36. The predicted octanol–water partition coefficient (Wildman–Crippen LogP) is 3.67. The quantitative estimate of drug-likeness (QED) is 0.891. The Bertz CT molecular complexity index is 644. The Balaban J connectivity index is 2.23. The molecule has 0 unspecified atom stereocenters. The van der Waals surface area contributed by atoms with Crippen LogP contribution < -0.4 is 5.32 Å². The molecule has 1 heterocycles. The van der Waals surface area contributed by atoms with Gasteiger partial charge in [-0.15, -0.1) is 0 Å². The van der Waals surface area contributed by atoms with Gasteiger partial charge in [-0.05, 0) is 38.5 Å². The van der Waals surface area contributed by atoms with Crippen LogP contribution in [0.25, 0.3) is 0 Å². The van der Waals surface area contributed by atoms with Crippen molar-refractivity contribution >= 4 is 17.7 Å². The number of carbonyl (C=O) groups is 2. The number of nitrogens with one attached hydrogen (secondary N) is 1. The molecule has 1 saturated heterocycles. The molecule has 2 rings (SSSR count). The number of rotatable bonds is 2. The van der Waals surface area contributed by atoms with E-state index >= 15 is 0 Å². The molecule has 1 atom stereocenters. The number of amides is 2. The minimum atomic E-state index is -4.35. The normalized spacial score (nSPS) is 19.9. The van der Waals surface area contributed by atoms with Gasteiger partial charge in [0.15, 0.2) is 0 Å². The summed E-state index contributed by atoms with van der Waals surface area (Å²) in [5.74, 6) is -2.06. The summed E-state index contributed by atoms with van der Waals surface area (Å²) in [4.78, 5) is 25.1. The van der Waals surface area contributed by atoms with Crippen molar-refractivity contribution in [2.45, 2.75) is 32.0 Å². The van der Waals surface area contributed by atoms with Gasteiger partial charge < -0.3 is 9.64 Å². The van der Waals surface area contributed by atoms with E-state index in [0.717, 1.165) is 0 Å². The van der Waals surface area contributed by atoms with Gasteiger partial charge in [0.2, 0.25) is 0 Å². The van der Waals surface area contributed by atoms with Crippen LogP contribution in [0.4, 0.5) is 23.7 Å². The second-order valence-electron chi connectivity index (χ2n) is 6.19. The Labute approximate surface area is 137 Å². The standard InChI is InChI=1S/C16H19F3N2O3/c1-15(2)12(16(17,18)19)7-8-21(15)13(22)10-5-4-6-11(9-10)20-14(23)24-3/h4-6,9,12H,7-8H2,1-3H3,(H,20,23)/t12-/m0/s1. The highest BCUT2D eigenvalue weighted by molar-refractivity contribution is 5.97. The Morgan fingerprint density at radius 1 is 1.33 bits per heavy atom. The van der Waals surface area contributed by atoms with Crippen LogP contribution in [0, 0.1) is 5.92 Å². The highest BCUT2D eigenvalue weighted by atomic mass is 19.4. The molecule has 0 bridgehead atoms. The molecule has 1 aromatic rings. The summed E-state index contributed by atoms with van der Waals surface area (Å²) >= 11 is 0. The number of halogens is 3. The van der Waals surface area contributed by atoms with Gasteiger partial charge in [0, 0.05) is 23.3 Å². The van der Waals surface area contributed by atoms with E-state index in [1.807, 2.05) is 0 Å². The van der Waals surface area contributed by atoms with Gasteiger partial charge in [-0.2, -0.15) is 13.2 Å².